The van der Waals surface area contributed by atoms with Crippen molar-refractivity contribution >= 4 is 23.4 Å². The highest BCUT2D eigenvalue weighted by Crippen LogP contribution is 2.38. The number of amides is 1. The van der Waals surface area contributed by atoms with Crippen molar-refractivity contribution in [2.75, 3.05) is 50.7 Å². The molecule has 1 aliphatic carbocycles. The number of nitrogens with zero attached hydrogens (tertiary/aromatic N) is 3. The molecule has 1 N–H and O–H groups in total. The number of hydrogen-bond acceptors (Lipinski definition) is 5. The summed E-state index contributed by atoms with van der Waals surface area (Å²) in [6.45, 7) is 13.3. The molecule has 3 aliphatic rings. The summed E-state index contributed by atoms with van der Waals surface area (Å²) in [6.07, 6.45) is 10.0. The van der Waals surface area contributed by atoms with Crippen molar-refractivity contribution < 1.29 is 18.0 Å². The molecule has 4 rings (SSSR count). The maximum absolute atomic E-state index is 13.0. The van der Waals surface area contributed by atoms with Gasteiger partial charge in [-0.3, -0.25) is 4.79 Å². The summed E-state index contributed by atoms with van der Waals surface area (Å²) < 4.78 is 37.8. The van der Waals surface area contributed by atoms with Crippen LogP contribution in [-0.4, -0.2) is 79.1 Å². The van der Waals surface area contributed by atoms with E-state index < -0.39 is 5.51 Å². The van der Waals surface area contributed by atoms with Crippen LogP contribution in [0.1, 0.15) is 64.9 Å². The fraction of sp³-hybridized carbons (Fsp3) is 0.645. The summed E-state index contributed by atoms with van der Waals surface area (Å²) in [5, 5.41) is 3.54. The number of carbonyl (C=O) groups is 1. The molecule has 1 aromatic rings. The first-order chi connectivity index (χ1) is 19.0. The van der Waals surface area contributed by atoms with E-state index in [0.717, 1.165) is 65.0 Å². The highest BCUT2D eigenvalue weighted by molar-refractivity contribution is 8.04. The molecule has 1 unspecified atom stereocenters. The van der Waals surface area contributed by atoms with Crippen LogP contribution in [0.25, 0.3) is 0 Å². The summed E-state index contributed by atoms with van der Waals surface area (Å²) >= 11 is -0.0632. The van der Waals surface area contributed by atoms with Crippen LogP contribution < -0.4 is 10.2 Å². The zero-order valence-corrected chi connectivity index (χ0v) is 25.0. The average molecular weight is 579 g/mol. The first-order valence-corrected chi connectivity index (χ1v) is 15.5. The SMILES string of the molecule is CC(C)(C)c1ccc(N2CCCN(CCCC(=O)N3CCC[C@H](NC4C=CC(SC(F)(F)F)=CC4)C3)CC2)cc1. The lowest BCUT2D eigenvalue weighted by molar-refractivity contribution is -0.132. The minimum atomic E-state index is -4.26. The lowest BCUT2D eigenvalue weighted by atomic mass is 9.87. The van der Waals surface area contributed by atoms with Crippen molar-refractivity contribution in [3.8, 4) is 0 Å². The van der Waals surface area contributed by atoms with Crippen molar-refractivity contribution in [1.82, 2.24) is 15.1 Å². The van der Waals surface area contributed by atoms with Crippen LogP contribution in [0.4, 0.5) is 18.9 Å². The van der Waals surface area contributed by atoms with Crippen LogP contribution in [-0.2, 0) is 10.2 Å². The Kier molecular flexibility index (Phi) is 10.7. The van der Waals surface area contributed by atoms with Crippen LogP contribution >= 0.6 is 11.8 Å². The second-order valence-corrected chi connectivity index (χ2v) is 13.4. The second-order valence-electron chi connectivity index (χ2n) is 12.3. The van der Waals surface area contributed by atoms with Gasteiger partial charge < -0.3 is 20.0 Å². The second kappa shape index (κ2) is 13.8. The Morgan fingerprint density at radius 3 is 2.48 bits per heavy atom. The molecule has 2 saturated heterocycles. The minimum Gasteiger partial charge on any atom is -0.370 e. The summed E-state index contributed by atoms with van der Waals surface area (Å²) in [6, 6.07) is 9.19. The van der Waals surface area contributed by atoms with Gasteiger partial charge in [-0.2, -0.15) is 13.2 Å². The summed E-state index contributed by atoms with van der Waals surface area (Å²) in [4.78, 5) is 20.2. The summed E-state index contributed by atoms with van der Waals surface area (Å²) in [5.74, 6) is 0.213. The Bertz CT molecular complexity index is 1030. The van der Waals surface area contributed by atoms with E-state index in [4.69, 9.17) is 0 Å². The van der Waals surface area contributed by atoms with Gasteiger partial charge in [0.2, 0.25) is 5.91 Å². The molecule has 0 bridgehead atoms. The van der Waals surface area contributed by atoms with E-state index in [-0.39, 0.29) is 40.1 Å². The third kappa shape index (κ3) is 9.55. The maximum atomic E-state index is 13.0. The molecule has 40 heavy (non-hydrogen) atoms. The van der Waals surface area contributed by atoms with Gasteiger partial charge in [-0.05, 0) is 80.1 Å². The van der Waals surface area contributed by atoms with E-state index in [9.17, 15) is 18.0 Å². The molecule has 0 radical (unpaired) electrons. The van der Waals surface area contributed by atoms with Gasteiger partial charge in [0.1, 0.15) is 0 Å². The number of nitrogens with one attached hydrogen (secondary N) is 1. The first kappa shape index (κ1) is 31.0. The van der Waals surface area contributed by atoms with E-state index in [1.165, 1.54) is 11.3 Å². The van der Waals surface area contributed by atoms with Gasteiger partial charge in [0, 0.05) is 61.8 Å². The summed E-state index contributed by atoms with van der Waals surface area (Å²) in [7, 11) is 0. The number of thioether (sulfide) groups is 1. The van der Waals surface area contributed by atoms with Gasteiger partial charge in [-0.1, -0.05) is 51.1 Å². The Morgan fingerprint density at radius 2 is 1.80 bits per heavy atom. The highest BCUT2D eigenvalue weighted by atomic mass is 32.2. The van der Waals surface area contributed by atoms with E-state index in [0.29, 0.717) is 19.4 Å². The highest BCUT2D eigenvalue weighted by Gasteiger charge is 2.31. The van der Waals surface area contributed by atoms with Gasteiger partial charge in [-0.25, -0.2) is 0 Å². The van der Waals surface area contributed by atoms with Gasteiger partial charge in [0.25, 0.3) is 0 Å². The zero-order valence-electron chi connectivity index (χ0n) is 24.2. The molecule has 5 nitrogen and oxygen atoms in total. The molecule has 1 aromatic carbocycles. The normalized spacial score (nSPS) is 23.2. The molecule has 1 amide bonds. The minimum absolute atomic E-state index is 0.0108. The van der Waals surface area contributed by atoms with E-state index in [1.807, 2.05) is 11.0 Å². The zero-order chi connectivity index (χ0) is 28.8. The monoisotopic (exact) mass is 578 g/mol. The average Bonchev–Trinajstić information content (AvgIpc) is 3.14. The molecular formula is C31H45F3N4OS. The van der Waals surface area contributed by atoms with E-state index in [1.54, 1.807) is 12.2 Å². The molecule has 0 aromatic heterocycles. The van der Waals surface area contributed by atoms with E-state index >= 15 is 0 Å². The van der Waals surface area contributed by atoms with E-state index in [2.05, 4.69) is 60.2 Å². The van der Waals surface area contributed by atoms with Crippen molar-refractivity contribution in [1.29, 1.82) is 0 Å². The third-order valence-electron chi connectivity index (χ3n) is 8.08. The van der Waals surface area contributed by atoms with Crippen molar-refractivity contribution in [2.24, 2.45) is 0 Å². The third-order valence-corrected chi connectivity index (χ3v) is 8.85. The smallest absolute Gasteiger partial charge is 0.370 e. The van der Waals surface area contributed by atoms with Crippen molar-refractivity contribution in [3.63, 3.8) is 0 Å². The topological polar surface area (TPSA) is 38.8 Å². The molecular weight excluding hydrogens is 533 g/mol. The number of benzene rings is 1. The number of carbonyl (C=O) groups excluding carboxylic acids is 1. The molecule has 0 spiro atoms. The van der Waals surface area contributed by atoms with Crippen LogP contribution in [0.15, 0.2) is 47.4 Å². The Labute approximate surface area is 242 Å². The molecule has 2 fully saturated rings. The van der Waals surface area contributed by atoms with Gasteiger partial charge >= 0.3 is 5.51 Å². The van der Waals surface area contributed by atoms with Crippen LogP contribution in [0, 0.1) is 0 Å². The lowest BCUT2D eigenvalue weighted by Gasteiger charge is -2.35. The first-order valence-electron chi connectivity index (χ1n) is 14.7. The summed E-state index contributed by atoms with van der Waals surface area (Å²) in [5.41, 5.74) is -1.45. The van der Waals surface area contributed by atoms with Gasteiger partial charge in [-0.15, -0.1) is 0 Å². The molecule has 0 saturated carbocycles. The standard InChI is InChI=1S/C31H45F3N4OS/c1-30(2,3)24-9-13-27(14-10-24)37-20-6-18-36(21-22-37)17-5-8-29(39)38-19-4-7-26(23-38)35-25-11-15-28(16-12-25)40-31(32,33)34/h9-11,13-16,25-26,35H,4-8,12,17-23H2,1-3H3/t25?,26-/m0/s1. The quantitative estimate of drug-likeness (QED) is 0.391. The lowest BCUT2D eigenvalue weighted by Crippen LogP contribution is -2.50. The van der Waals surface area contributed by atoms with Crippen LogP contribution in [0.5, 0.6) is 0 Å². The fourth-order valence-corrected chi connectivity index (χ4v) is 6.41. The molecule has 9 heteroatoms. The van der Waals surface area contributed by atoms with Gasteiger partial charge in [0.15, 0.2) is 0 Å². The van der Waals surface area contributed by atoms with Crippen molar-refractivity contribution in [3.05, 3.63) is 53.0 Å². The fourth-order valence-electron chi connectivity index (χ4n) is 5.81. The number of anilines is 1. The predicted molar refractivity (Wildman–Crippen MR) is 160 cm³/mol. The van der Waals surface area contributed by atoms with Crippen LogP contribution in [0.2, 0.25) is 0 Å². The predicted octanol–water partition coefficient (Wildman–Crippen LogP) is 6.32. The number of hydrogen-bond donors (Lipinski definition) is 1. The number of halogens is 3. The number of likely N-dealkylation sites (tertiary alicyclic amines) is 1. The Morgan fingerprint density at radius 1 is 1.02 bits per heavy atom. The molecule has 2 aliphatic heterocycles. The van der Waals surface area contributed by atoms with Gasteiger partial charge in [0.05, 0.1) is 0 Å². The maximum Gasteiger partial charge on any atom is 0.446 e. The van der Waals surface area contributed by atoms with Crippen LogP contribution in [0.3, 0.4) is 0 Å². The largest absolute Gasteiger partial charge is 0.446 e. The molecule has 2 atom stereocenters. The molecule has 2 heterocycles. The Balaban J connectivity index is 1.15. The Hall–Kier alpha value is -1.97. The molecule has 222 valence electrons. The number of alkyl halides is 3. The van der Waals surface area contributed by atoms with Crippen molar-refractivity contribution in [2.45, 2.75) is 82.3 Å². The number of allylic oxidation sites excluding steroid dienone is 1. The number of piperidine rings is 1. The number of rotatable bonds is 8.